The quantitative estimate of drug-likeness (QED) is 0.446. The van der Waals surface area contributed by atoms with Gasteiger partial charge in [0.15, 0.2) is 0 Å². The number of aromatic amines is 1. The molecule has 15 heavy (non-hydrogen) atoms. The van der Waals surface area contributed by atoms with Gasteiger partial charge in [-0.2, -0.15) is 0 Å². The van der Waals surface area contributed by atoms with Crippen molar-refractivity contribution in [2.24, 2.45) is 0 Å². The number of hydrogen-bond donors (Lipinski definition) is 2. The fourth-order valence-electron chi connectivity index (χ4n) is 0.871. The van der Waals surface area contributed by atoms with Crippen molar-refractivity contribution in [3.05, 3.63) is 10.4 Å². The number of nitrogens with zero attached hydrogens (tertiary/aromatic N) is 3. The zero-order valence-corrected chi connectivity index (χ0v) is 12.5. The van der Waals surface area contributed by atoms with Crippen molar-refractivity contribution >= 4 is 56.7 Å². The van der Waals surface area contributed by atoms with E-state index in [4.69, 9.17) is 24.6 Å². The number of nitrogens with two attached hydrogens (primary N) is 1. The molecular weight excluding hydrogens is 491 g/mol. The number of aromatic nitrogens is 4. The standard InChI is InChI=1S/C5H5N5OSe.2ClH.Pt/c6-4-8-2-1(3(11)10-4)7-5(12)9-2;;;/h(H5,6,7,8,9,10,11,12);2*1H;/q;;;+2/p-3. The first kappa shape index (κ1) is 13.0. The van der Waals surface area contributed by atoms with E-state index in [1.165, 1.54) is 0 Å². The Morgan fingerprint density at radius 2 is 2.07 bits per heavy atom. The van der Waals surface area contributed by atoms with Gasteiger partial charge in [0, 0.05) is 0 Å². The SMILES string of the molecule is Nc1nc2[n-]c([SeH])nc2c(=O)[nH]1.[Cl][Pt][Cl]. The molecule has 2 heterocycles. The van der Waals surface area contributed by atoms with Gasteiger partial charge in [0.2, 0.25) is 0 Å². The van der Waals surface area contributed by atoms with E-state index in [1.807, 2.05) is 0 Å². The first-order valence-electron chi connectivity index (χ1n) is 3.30. The van der Waals surface area contributed by atoms with Gasteiger partial charge in [0.25, 0.3) is 0 Å². The van der Waals surface area contributed by atoms with E-state index < -0.39 is 16.5 Å². The van der Waals surface area contributed by atoms with Crippen molar-refractivity contribution in [3.63, 3.8) is 0 Å². The summed E-state index contributed by atoms with van der Waals surface area (Å²) in [4.78, 5) is 25.0. The van der Waals surface area contributed by atoms with Crippen molar-refractivity contribution in [3.8, 4) is 0 Å². The molecule has 86 valence electrons. The molecule has 0 aliphatic carbocycles. The molecule has 2 rings (SSSR count). The van der Waals surface area contributed by atoms with E-state index in [9.17, 15) is 4.79 Å². The summed E-state index contributed by atoms with van der Waals surface area (Å²) in [5.74, 6) is 0.0555. The Hall–Kier alpha value is -0.0622. The molecule has 6 nitrogen and oxygen atoms in total. The molecule has 0 saturated carbocycles. The fourth-order valence-corrected chi connectivity index (χ4v) is 1.28. The second kappa shape index (κ2) is 5.87. The Labute approximate surface area is 109 Å². The van der Waals surface area contributed by atoms with Crippen molar-refractivity contribution in [2.45, 2.75) is 0 Å². The van der Waals surface area contributed by atoms with Gasteiger partial charge in [-0.25, -0.2) is 0 Å². The average molecular weight is 495 g/mol. The number of rotatable bonds is 0. The Kier molecular flexibility index (Phi) is 5.09. The summed E-state index contributed by atoms with van der Waals surface area (Å²) in [5, 5.41) is 0. The summed E-state index contributed by atoms with van der Waals surface area (Å²) in [5.41, 5.74) is 5.44. The number of nitrogens with one attached hydrogen (secondary N) is 1. The van der Waals surface area contributed by atoms with Crippen LogP contribution in [0.5, 0.6) is 0 Å². The zero-order valence-electron chi connectivity index (χ0n) is 6.85. The molecule has 0 spiro atoms. The second-order valence-corrected chi connectivity index (χ2v) is 6.31. The summed E-state index contributed by atoms with van der Waals surface area (Å²) < 4.78 is 0.459. The number of halogens is 2. The van der Waals surface area contributed by atoms with Crippen molar-refractivity contribution in [1.29, 1.82) is 0 Å². The number of hydrogen-bond acceptors (Lipinski definition) is 4. The second-order valence-electron chi connectivity index (χ2n) is 2.19. The van der Waals surface area contributed by atoms with E-state index in [0.717, 1.165) is 0 Å². The number of fused-ring (bicyclic) bond motifs is 1. The van der Waals surface area contributed by atoms with E-state index in [-0.39, 0.29) is 22.7 Å². The van der Waals surface area contributed by atoms with Crippen LogP contribution in [0.1, 0.15) is 0 Å². The minimum absolute atomic E-state index is 0.0555. The third-order valence-corrected chi connectivity index (χ3v) is 1.73. The molecule has 0 bridgehead atoms. The van der Waals surface area contributed by atoms with Crippen molar-refractivity contribution < 1.29 is 16.5 Å². The normalized spacial score (nSPS) is 10.1. The number of nitrogen functional groups attached to an aromatic ring is 1. The minimum atomic E-state index is -0.472. The van der Waals surface area contributed by atoms with Gasteiger partial charge in [-0.1, -0.05) is 0 Å². The monoisotopic (exact) mass is 495 g/mol. The van der Waals surface area contributed by atoms with Crippen molar-refractivity contribution in [2.75, 3.05) is 5.73 Å². The molecule has 0 aliphatic heterocycles. The van der Waals surface area contributed by atoms with Crippen LogP contribution < -0.4 is 21.0 Å². The number of anilines is 1. The molecule has 2 aromatic heterocycles. The molecular formula is C5H4Cl2N5OPtSe-. The molecule has 10 heteroatoms. The van der Waals surface area contributed by atoms with Gasteiger partial charge < -0.3 is 0 Å². The molecule has 0 saturated heterocycles. The molecule has 3 N–H and O–H groups in total. The predicted molar refractivity (Wildman–Crippen MR) is 56.4 cm³/mol. The zero-order chi connectivity index (χ0) is 11.4. The molecule has 0 aromatic carbocycles. The molecule has 0 unspecified atom stereocenters. The Bertz CT molecular complexity index is 514. The van der Waals surface area contributed by atoms with Crippen LogP contribution in [0.25, 0.3) is 11.2 Å². The van der Waals surface area contributed by atoms with Gasteiger partial charge in [0.1, 0.15) is 0 Å². The van der Waals surface area contributed by atoms with Crippen LogP contribution in [-0.4, -0.2) is 31.0 Å². The van der Waals surface area contributed by atoms with Gasteiger partial charge in [-0.05, 0) is 0 Å². The molecule has 0 amide bonds. The Morgan fingerprint density at radius 3 is 2.67 bits per heavy atom. The Morgan fingerprint density at radius 1 is 1.47 bits per heavy atom. The van der Waals surface area contributed by atoms with Crippen LogP contribution in [0.2, 0.25) is 0 Å². The predicted octanol–water partition coefficient (Wildman–Crippen LogP) is -1.24. The molecule has 2 aromatic rings. The van der Waals surface area contributed by atoms with E-state index in [0.29, 0.717) is 4.72 Å². The summed E-state index contributed by atoms with van der Waals surface area (Å²) in [6.07, 6.45) is 0. The third-order valence-electron chi connectivity index (χ3n) is 1.31. The van der Waals surface area contributed by atoms with Crippen LogP contribution in [0.4, 0.5) is 5.95 Å². The number of imidazole rings is 1. The topological polar surface area (TPSA) is 98.8 Å². The maximum atomic E-state index is 11.1. The van der Waals surface area contributed by atoms with Gasteiger partial charge >= 0.3 is 109 Å². The Balaban J connectivity index is 0.000000337. The molecule has 0 atom stereocenters. The average Bonchev–Trinajstić information content (AvgIpc) is 2.47. The number of H-pyrrole nitrogens is 1. The van der Waals surface area contributed by atoms with Gasteiger partial charge in [-0.15, -0.1) is 0 Å². The van der Waals surface area contributed by atoms with Crippen LogP contribution in [-0.2, 0) is 16.5 Å². The first-order valence-corrected chi connectivity index (χ1v) is 9.87. The summed E-state index contributed by atoms with van der Waals surface area (Å²) >= 11 is 1.66. The van der Waals surface area contributed by atoms with Crippen molar-refractivity contribution in [1.82, 2.24) is 19.9 Å². The van der Waals surface area contributed by atoms with Gasteiger partial charge in [-0.3, -0.25) is 0 Å². The molecule has 0 fully saturated rings. The maximum absolute atomic E-state index is 11.1. The van der Waals surface area contributed by atoms with E-state index in [1.54, 1.807) is 0 Å². The van der Waals surface area contributed by atoms with E-state index >= 15 is 0 Å². The third kappa shape index (κ3) is 3.47. The van der Waals surface area contributed by atoms with Crippen LogP contribution >= 0.6 is 18.8 Å². The van der Waals surface area contributed by atoms with Crippen LogP contribution in [0.3, 0.4) is 0 Å². The molecule has 0 radical (unpaired) electrons. The molecule has 0 aliphatic rings. The summed E-state index contributed by atoms with van der Waals surface area (Å²) in [7, 11) is 9.75. The van der Waals surface area contributed by atoms with Crippen LogP contribution in [0.15, 0.2) is 4.79 Å². The summed E-state index contributed by atoms with van der Waals surface area (Å²) in [6.45, 7) is 0. The fraction of sp³-hybridized carbons (Fsp3) is 0. The first-order chi connectivity index (χ1) is 7.08. The van der Waals surface area contributed by atoms with E-state index in [2.05, 4.69) is 35.9 Å². The van der Waals surface area contributed by atoms with Gasteiger partial charge in [0.05, 0.1) is 0 Å². The van der Waals surface area contributed by atoms with Crippen LogP contribution in [0, 0.1) is 0 Å². The summed E-state index contributed by atoms with van der Waals surface area (Å²) in [6, 6.07) is 0.